The first-order valence-corrected chi connectivity index (χ1v) is 3.73. The second-order valence-electron chi connectivity index (χ2n) is 2.72. The normalized spacial score (nSPS) is 14.8. The third kappa shape index (κ3) is 1.44. The van der Waals surface area contributed by atoms with Crippen LogP contribution in [-0.4, -0.2) is 12.0 Å². The molecule has 0 radical (unpaired) electrons. The Morgan fingerprint density at radius 2 is 2.08 bits per heavy atom. The number of hydrogen-bond donors (Lipinski definition) is 1. The molecule has 1 aromatic rings. The fraction of sp³-hybridized carbons (Fsp3) is 0.333. The highest BCUT2D eigenvalue weighted by atomic mass is 14.9. The van der Waals surface area contributed by atoms with E-state index >= 15 is 0 Å². The lowest BCUT2D eigenvalue weighted by molar-refractivity contribution is 0.518. The lowest BCUT2D eigenvalue weighted by atomic mass is 9.95. The zero-order chi connectivity index (χ0) is 9.03. The molecule has 0 aromatic carbocycles. The Labute approximate surface area is 72.1 Å². The van der Waals surface area contributed by atoms with Crippen molar-refractivity contribution in [2.24, 2.45) is 0 Å². The van der Waals surface area contributed by atoms with Crippen LogP contribution in [0.15, 0.2) is 24.5 Å². The molecule has 62 valence electrons. The van der Waals surface area contributed by atoms with Crippen LogP contribution in [0.4, 0.5) is 0 Å². The van der Waals surface area contributed by atoms with E-state index in [0.717, 1.165) is 5.56 Å². The third-order valence-corrected chi connectivity index (χ3v) is 1.98. The van der Waals surface area contributed by atoms with Crippen LogP contribution in [0.1, 0.15) is 12.5 Å². The maximum atomic E-state index is 8.91. The van der Waals surface area contributed by atoms with Crippen molar-refractivity contribution in [2.75, 3.05) is 7.05 Å². The fourth-order valence-electron chi connectivity index (χ4n) is 0.950. The van der Waals surface area contributed by atoms with Gasteiger partial charge in [-0.05, 0) is 31.7 Å². The Morgan fingerprint density at radius 1 is 1.50 bits per heavy atom. The standard InChI is InChI=1S/C9H11N3/c1-9(7-10,11-2)8-3-5-12-6-4-8/h3-6,11H,1-2H3. The molecule has 0 bridgehead atoms. The molecule has 0 amide bonds. The fourth-order valence-corrected chi connectivity index (χ4v) is 0.950. The van der Waals surface area contributed by atoms with Gasteiger partial charge in [0.15, 0.2) is 0 Å². The van der Waals surface area contributed by atoms with Crippen LogP contribution in [0, 0.1) is 11.3 Å². The summed E-state index contributed by atoms with van der Waals surface area (Å²) in [7, 11) is 1.77. The van der Waals surface area contributed by atoms with Gasteiger partial charge in [0.1, 0.15) is 5.54 Å². The lowest BCUT2D eigenvalue weighted by Crippen LogP contribution is -2.34. The van der Waals surface area contributed by atoms with Gasteiger partial charge >= 0.3 is 0 Å². The highest BCUT2D eigenvalue weighted by Crippen LogP contribution is 2.17. The predicted octanol–water partition coefficient (Wildman–Crippen LogP) is 1.04. The van der Waals surface area contributed by atoms with Crippen LogP contribution in [-0.2, 0) is 5.54 Å². The summed E-state index contributed by atoms with van der Waals surface area (Å²) < 4.78 is 0. The van der Waals surface area contributed by atoms with Gasteiger partial charge in [0.05, 0.1) is 6.07 Å². The van der Waals surface area contributed by atoms with Gasteiger partial charge in [0.25, 0.3) is 0 Å². The van der Waals surface area contributed by atoms with E-state index in [1.807, 2.05) is 19.1 Å². The number of aromatic nitrogens is 1. The van der Waals surface area contributed by atoms with Crippen LogP contribution in [0.3, 0.4) is 0 Å². The van der Waals surface area contributed by atoms with Crippen molar-refractivity contribution in [1.29, 1.82) is 5.26 Å². The van der Waals surface area contributed by atoms with Gasteiger partial charge in [0, 0.05) is 12.4 Å². The van der Waals surface area contributed by atoms with Crippen molar-refractivity contribution < 1.29 is 0 Å². The van der Waals surface area contributed by atoms with E-state index in [1.54, 1.807) is 19.4 Å². The topological polar surface area (TPSA) is 48.7 Å². The van der Waals surface area contributed by atoms with Crippen molar-refractivity contribution >= 4 is 0 Å². The Kier molecular flexibility index (Phi) is 2.41. The molecule has 1 heterocycles. The summed E-state index contributed by atoms with van der Waals surface area (Å²) in [5.41, 5.74) is 0.325. The molecule has 0 aliphatic carbocycles. The highest BCUT2D eigenvalue weighted by molar-refractivity contribution is 5.27. The first-order valence-electron chi connectivity index (χ1n) is 3.73. The highest BCUT2D eigenvalue weighted by Gasteiger charge is 2.22. The molecule has 1 rings (SSSR count). The first kappa shape index (κ1) is 8.69. The molecular weight excluding hydrogens is 150 g/mol. The van der Waals surface area contributed by atoms with E-state index < -0.39 is 5.54 Å². The smallest absolute Gasteiger partial charge is 0.129 e. The summed E-state index contributed by atoms with van der Waals surface area (Å²) in [4.78, 5) is 3.89. The zero-order valence-electron chi connectivity index (χ0n) is 7.20. The third-order valence-electron chi connectivity index (χ3n) is 1.98. The maximum Gasteiger partial charge on any atom is 0.129 e. The number of pyridine rings is 1. The quantitative estimate of drug-likeness (QED) is 0.705. The lowest BCUT2D eigenvalue weighted by Gasteiger charge is -2.20. The summed E-state index contributed by atoms with van der Waals surface area (Å²) in [6.07, 6.45) is 3.37. The van der Waals surface area contributed by atoms with Gasteiger partial charge < -0.3 is 0 Å². The molecule has 3 heteroatoms. The summed E-state index contributed by atoms with van der Waals surface area (Å²) in [6, 6.07) is 5.87. The van der Waals surface area contributed by atoms with Crippen molar-refractivity contribution in [1.82, 2.24) is 10.3 Å². The summed E-state index contributed by atoms with van der Waals surface area (Å²) >= 11 is 0. The van der Waals surface area contributed by atoms with E-state index in [0.29, 0.717) is 0 Å². The Bertz CT molecular complexity index is 288. The summed E-state index contributed by atoms with van der Waals surface area (Å²) in [5, 5.41) is 11.9. The van der Waals surface area contributed by atoms with Gasteiger partial charge in [-0.2, -0.15) is 5.26 Å². The van der Waals surface area contributed by atoms with Crippen LogP contribution >= 0.6 is 0 Å². The minimum Gasteiger partial charge on any atom is -0.299 e. The molecule has 1 aromatic heterocycles. The number of nitrogens with one attached hydrogen (secondary N) is 1. The van der Waals surface area contributed by atoms with E-state index in [2.05, 4.69) is 16.4 Å². The minimum absolute atomic E-state index is 0.608. The Balaban J connectivity index is 3.06. The van der Waals surface area contributed by atoms with Crippen molar-refractivity contribution in [3.63, 3.8) is 0 Å². The van der Waals surface area contributed by atoms with Gasteiger partial charge in [-0.3, -0.25) is 10.3 Å². The molecular formula is C9H11N3. The summed E-state index contributed by atoms with van der Waals surface area (Å²) in [5.74, 6) is 0. The van der Waals surface area contributed by atoms with Gasteiger partial charge in [0.2, 0.25) is 0 Å². The number of rotatable bonds is 2. The van der Waals surface area contributed by atoms with E-state index in [4.69, 9.17) is 5.26 Å². The number of hydrogen-bond acceptors (Lipinski definition) is 3. The van der Waals surface area contributed by atoms with Crippen molar-refractivity contribution in [2.45, 2.75) is 12.5 Å². The second-order valence-corrected chi connectivity index (χ2v) is 2.72. The predicted molar refractivity (Wildman–Crippen MR) is 46.3 cm³/mol. The molecule has 0 saturated heterocycles. The second kappa shape index (κ2) is 3.33. The number of nitrogens with zero attached hydrogens (tertiary/aromatic N) is 2. The Morgan fingerprint density at radius 3 is 2.50 bits per heavy atom. The van der Waals surface area contributed by atoms with Crippen LogP contribution in [0.25, 0.3) is 0 Å². The average Bonchev–Trinajstić information content (AvgIpc) is 2.18. The molecule has 0 spiro atoms. The number of nitriles is 1. The van der Waals surface area contributed by atoms with Gasteiger partial charge in [-0.15, -0.1) is 0 Å². The Hall–Kier alpha value is -1.40. The van der Waals surface area contributed by atoms with E-state index in [-0.39, 0.29) is 0 Å². The molecule has 12 heavy (non-hydrogen) atoms. The molecule has 1 atom stereocenters. The molecule has 0 aliphatic heterocycles. The SMILES string of the molecule is CNC(C)(C#N)c1ccncc1. The van der Waals surface area contributed by atoms with Crippen molar-refractivity contribution in [3.05, 3.63) is 30.1 Å². The average molecular weight is 161 g/mol. The molecule has 0 fully saturated rings. The van der Waals surface area contributed by atoms with Crippen LogP contribution in [0.2, 0.25) is 0 Å². The molecule has 3 nitrogen and oxygen atoms in total. The van der Waals surface area contributed by atoms with Crippen molar-refractivity contribution in [3.8, 4) is 6.07 Å². The minimum atomic E-state index is -0.608. The maximum absolute atomic E-state index is 8.91. The largest absolute Gasteiger partial charge is 0.299 e. The first-order chi connectivity index (χ1) is 5.73. The monoisotopic (exact) mass is 161 g/mol. The van der Waals surface area contributed by atoms with E-state index in [9.17, 15) is 0 Å². The zero-order valence-corrected chi connectivity index (χ0v) is 7.20. The molecule has 1 unspecified atom stereocenters. The van der Waals surface area contributed by atoms with Gasteiger partial charge in [-0.25, -0.2) is 0 Å². The molecule has 0 saturated carbocycles. The van der Waals surface area contributed by atoms with Gasteiger partial charge in [-0.1, -0.05) is 0 Å². The molecule has 0 aliphatic rings. The summed E-state index contributed by atoms with van der Waals surface area (Å²) in [6.45, 7) is 1.84. The molecule has 1 N–H and O–H groups in total. The van der Waals surface area contributed by atoms with Crippen LogP contribution in [0.5, 0.6) is 0 Å². The van der Waals surface area contributed by atoms with Crippen LogP contribution < -0.4 is 5.32 Å². The van der Waals surface area contributed by atoms with E-state index in [1.165, 1.54) is 0 Å².